The Morgan fingerprint density at radius 3 is 2.45 bits per heavy atom. The summed E-state index contributed by atoms with van der Waals surface area (Å²) in [4.78, 5) is 29.3. The number of rotatable bonds is 5. The van der Waals surface area contributed by atoms with Crippen molar-refractivity contribution in [2.24, 2.45) is 0 Å². The summed E-state index contributed by atoms with van der Waals surface area (Å²) in [6.07, 6.45) is -4.38. The predicted molar refractivity (Wildman–Crippen MR) is 114 cm³/mol. The molecular formula is C21H24F3N3O3S. The second-order valence-electron chi connectivity index (χ2n) is 7.34. The highest BCUT2D eigenvalue weighted by atomic mass is 32.1. The molecule has 31 heavy (non-hydrogen) atoms. The van der Waals surface area contributed by atoms with Crippen LogP contribution in [0.4, 0.5) is 23.9 Å². The van der Waals surface area contributed by atoms with E-state index in [1.54, 1.807) is 13.0 Å². The molecule has 1 saturated heterocycles. The molecule has 3 rings (SSSR count). The van der Waals surface area contributed by atoms with Crippen molar-refractivity contribution < 1.29 is 27.5 Å². The first kappa shape index (κ1) is 23.1. The van der Waals surface area contributed by atoms with Crippen molar-refractivity contribution in [1.29, 1.82) is 0 Å². The Bertz CT molecular complexity index is 967. The fourth-order valence-corrected chi connectivity index (χ4v) is 4.54. The molecule has 1 N–H and O–H groups in total. The molecule has 0 spiro atoms. The molecule has 1 aliphatic rings. The number of esters is 1. The van der Waals surface area contributed by atoms with Crippen molar-refractivity contribution in [2.75, 3.05) is 50.1 Å². The summed E-state index contributed by atoms with van der Waals surface area (Å²) in [5.74, 6) is -0.745. The summed E-state index contributed by atoms with van der Waals surface area (Å²) in [6, 6.07) is 5.27. The van der Waals surface area contributed by atoms with E-state index in [1.165, 1.54) is 24.5 Å². The molecule has 0 atom stereocenters. The van der Waals surface area contributed by atoms with Crippen LogP contribution in [0.1, 0.15) is 26.4 Å². The van der Waals surface area contributed by atoms with Gasteiger partial charge in [-0.05, 0) is 37.6 Å². The SMILES string of the molecule is COC(=O)c1c(NC(=O)CN2CCN(c3cccc(C(F)(F)F)c3)CC2)sc(C)c1C. The van der Waals surface area contributed by atoms with Gasteiger partial charge >= 0.3 is 12.1 Å². The van der Waals surface area contributed by atoms with Crippen LogP contribution in [-0.2, 0) is 15.7 Å². The molecule has 1 aromatic carbocycles. The van der Waals surface area contributed by atoms with Crippen LogP contribution >= 0.6 is 11.3 Å². The number of anilines is 2. The number of amides is 1. The highest BCUT2D eigenvalue weighted by Gasteiger charge is 2.31. The Labute approximate surface area is 182 Å². The van der Waals surface area contributed by atoms with E-state index in [2.05, 4.69) is 5.32 Å². The number of benzene rings is 1. The van der Waals surface area contributed by atoms with Gasteiger partial charge in [-0.15, -0.1) is 11.3 Å². The third-order valence-electron chi connectivity index (χ3n) is 5.31. The second-order valence-corrected chi connectivity index (χ2v) is 8.56. The molecule has 2 heterocycles. The van der Waals surface area contributed by atoms with Gasteiger partial charge in [-0.2, -0.15) is 13.2 Å². The van der Waals surface area contributed by atoms with Gasteiger partial charge < -0.3 is 15.0 Å². The molecule has 1 aliphatic heterocycles. The van der Waals surface area contributed by atoms with Gasteiger partial charge in [-0.1, -0.05) is 6.07 Å². The Balaban J connectivity index is 1.58. The Morgan fingerprint density at radius 2 is 1.84 bits per heavy atom. The number of piperazine rings is 1. The van der Waals surface area contributed by atoms with Crippen molar-refractivity contribution in [2.45, 2.75) is 20.0 Å². The molecule has 1 aromatic heterocycles. The quantitative estimate of drug-likeness (QED) is 0.693. The molecular weight excluding hydrogens is 431 g/mol. The van der Waals surface area contributed by atoms with Gasteiger partial charge in [0.05, 0.1) is 24.8 Å². The third kappa shape index (κ3) is 5.37. The van der Waals surface area contributed by atoms with Crippen LogP contribution < -0.4 is 10.2 Å². The lowest BCUT2D eigenvalue weighted by molar-refractivity contribution is -0.137. The summed E-state index contributed by atoms with van der Waals surface area (Å²) in [5, 5.41) is 3.27. The van der Waals surface area contributed by atoms with E-state index in [0.717, 1.165) is 22.6 Å². The molecule has 1 fully saturated rings. The number of hydrogen-bond acceptors (Lipinski definition) is 6. The van der Waals surface area contributed by atoms with Gasteiger partial charge in [-0.3, -0.25) is 9.69 Å². The van der Waals surface area contributed by atoms with Gasteiger partial charge in [0.1, 0.15) is 5.00 Å². The van der Waals surface area contributed by atoms with E-state index in [1.807, 2.05) is 16.7 Å². The number of hydrogen-bond donors (Lipinski definition) is 1. The van der Waals surface area contributed by atoms with Crippen molar-refractivity contribution in [1.82, 2.24) is 4.90 Å². The molecule has 0 radical (unpaired) electrons. The van der Waals surface area contributed by atoms with Crippen molar-refractivity contribution in [3.63, 3.8) is 0 Å². The van der Waals surface area contributed by atoms with Crippen LogP contribution in [0.15, 0.2) is 24.3 Å². The van der Waals surface area contributed by atoms with Crippen LogP contribution in [-0.4, -0.2) is 56.6 Å². The average molecular weight is 456 g/mol. The second kappa shape index (κ2) is 9.27. The minimum atomic E-state index is -4.38. The summed E-state index contributed by atoms with van der Waals surface area (Å²) in [7, 11) is 1.30. The lowest BCUT2D eigenvalue weighted by atomic mass is 10.1. The highest BCUT2D eigenvalue weighted by molar-refractivity contribution is 7.16. The molecule has 0 aliphatic carbocycles. The zero-order valence-electron chi connectivity index (χ0n) is 17.5. The van der Waals surface area contributed by atoms with E-state index in [9.17, 15) is 22.8 Å². The first-order chi connectivity index (χ1) is 14.6. The number of carbonyl (C=O) groups is 2. The van der Waals surface area contributed by atoms with E-state index in [4.69, 9.17) is 4.74 Å². The molecule has 1 amide bonds. The van der Waals surface area contributed by atoms with Gasteiger partial charge in [0.15, 0.2) is 0 Å². The molecule has 0 bridgehead atoms. The molecule has 0 saturated carbocycles. The largest absolute Gasteiger partial charge is 0.465 e. The number of aryl methyl sites for hydroxylation is 1. The number of ether oxygens (including phenoxy) is 1. The number of nitrogens with one attached hydrogen (secondary N) is 1. The lowest BCUT2D eigenvalue weighted by Gasteiger charge is -2.35. The number of nitrogens with zero attached hydrogens (tertiary/aromatic N) is 2. The fraction of sp³-hybridized carbons (Fsp3) is 0.429. The Morgan fingerprint density at radius 1 is 1.16 bits per heavy atom. The maximum Gasteiger partial charge on any atom is 0.416 e. The van der Waals surface area contributed by atoms with Crippen LogP contribution in [0.5, 0.6) is 0 Å². The Kier molecular flexibility index (Phi) is 6.90. The summed E-state index contributed by atoms with van der Waals surface area (Å²) < 4.78 is 43.7. The summed E-state index contributed by atoms with van der Waals surface area (Å²) >= 11 is 1.32. The third-order valence-corrected chi connectivity index (χ3v) is 6.43. The number of halogens is 3. The highest BCUT2D eigenvalue weighted by Crippen LogP contribution is 2.33. The molecule has 6 nitrogen and oxygen atoms in total. The van der Waals surface area contributed by atoms with Gasteiger partial charge in [-0.25, -0.2) is 4.79 Å². The van der Waals surface area contributed by atoms with Crippen molar-refractivity contribution >= 4 is 33.9 Å². The van der Waals surface area contributed by atoms with Gasteiger partial charge in [0.25, 0.3) is 0 Å². The average Bonchev–Trinajstić information content (AvgIpc) is 3.00. The van der Waals surface area contributed by atoms with E-state index < -0.39 is 17.7 Å². The van der Waals surface area contributed by atoms with Crippen LogP contribution in [0, 0.1) is 13.8 Å². The monoisotopic (exact) mass is 455 g/mol. The standard InChI is InChI=1S/C21H24F3N3O3S/c1-13-14(2)31-19(18(13)20(29)30-3)25-17(28)12-26-7-9-27(10-8-26)16-6-4-5-15(11-16)21(22,23)24/h4-6,11H,7-10,12H2,1-3H3,(H,25,28). The number of alkyl halides is 3. The van der Waals surface area contributed by atoms with Crippen LogP contribution in [0.3, 0.4) is 0 Å². The summed E-state index contributed by atoms with van der Waals surface area (Å²) in [6.45, 7) is 5.91. The van der Waals surface area contributed by atoms with E-state index in [0.29, 0.717) is 42.4 Å². The predicted octanol–water partition coefficient (Wildman–Crippen LogP) is 3.93. The maximum atomic E-state index is 12.9. The van der Waals surface area contributed by atoms with Crippen LogP contribution in [0.2, 0.25) is 0 Å². The summed E-state index contributed by atoms with van der Waals surface area (Å²) in [5.41, 5.74) is 0.996. The van der Waals surface area contributed by atoms with Crippen molar-refractivity contribution in [3.05, 3.63) is 45.8 Å². The number of carbonyl (C=O) groups excluding carboxylic acids is 2. The molecule has 2 aromatic rings. The fourth-order valence-electron chi connectivity index (χ4n) is 3.48. The van der Waals surface area contributed by atoms with Gasteiger partial charge in [0, 0.05) is 36.7 Å². The first-order valence-electron chi connectivity index (χ1n) is 9.73. The maximum absolute atomic E-state index is 12.9. The molecule has 168 valence electrons. The van der Waals surface area contributed by atoms with Crippen LogP contribution in [0.25, 0.3) is 0 Å². The normalized spacial score (nSPS) is 15.1. The number of methoxy groups -OCH3 is 1. The minimum Gasteiger partial charge on any atom is -0.465 e. The first-order valence-corrected chi connectivity index (χ1v) is 10.5. The van der Waals surface area contributed by atoms with Crippen molar-refractivity contribution in [3.8, 4) is 0 Å². The smallest absolute Gasteiger partial charge is 0.416 e. The zero-order valence-corrected chi connectivity index (χ0v) is 18.3. The van der Waals surface area contributed by atoms with E-state index >= 15 is 0 Å². The Hall–Kier alpha value is -2.59. The minimum absolute atomic E-state index is 0.132. The topological polar surface area (TPSA) is 61.9 Å². The lowest BCUT2D eigenvalue weighted by Crippen LogP contribution is -2.48. The molecule has 10 heteroatoms. The molecule has 0 unspecified atom stereocenters. The number of thiophene rings is 1. The van der Waals surface area contributed by atoms with E-state index in [-0.39, 0.29) is 12.5 Å². The van der Waals surface area contributed by atoms with Gasteiger partial charge in [0.2, 0.25) is 5.91 Å². The zero-order chi connectivity index (χ0) is 22.8.